The molecule has 0 amide bonds. The number of hydrogen-bond acceptors (Lipinski definition) is 3. The van der Waals surface area contributed by atoms with Gasteiger partial charge in [0.15, 0.2) is 0 Å². The van der Waals surface area contributed by atoms with Gasteiger partial charge in [-0.2, -0.15) is 0 Å². The maximum absolute atomic E-state index is 8.78. The molecular weight excluding hydrogens is 214 g/mol. The van der Waals surface area contributed by atoms with E-state index < -0.39 is 0 Å². The minimum absolute atomic E-state index is 0.275. The van der Waals surface area contributed by atoms with Crippen LogP contribution in [0.1, 0.15) is 19.8 Å². The molecule has 0 aliphatic heterocycles. The van der Waals surface area contributed by atoms with Crippen molar-refractivity contribution in [2.45, 2.75) is 19.8 Å². The molecule has 0 saturated carbocycles. The summed E-state index contributed by atoms with van der Waals surface area (Å²) >= 11 is 0. The molecule has 0 fully saturated rings. The third kappa shape index (κ3) is 6.29. The fraction of sp³-hybridized carbons (Fsp3) is 0.571. The predicted molar refractivity (Wildman–Crippen MR) is 70.4 cm³/mol. The van der Waals surface area contributed by atoms with Crippen molar-refractivity contribution in [2.24, 2.45) is 0 Å². The largest absolute Gasteiger partial charge is 0.494 e. The van der Waals surface area contributed by atoms with E-state index in [0.717, 1.165) is 44.8 Å². The van der Waals surface area contributed by atoms with Crippen molar-refractivity contribution in [3.8, 4) is 5.75 Å². The average molecular weight is 237 g/mol. The highest BCUT2D eigenvalue weighted by Gasteiger charge is 2.01. The molecule has 1 rings (SSSR count). The Bertz CT molecular complexity index is 277. The monoisotopic (exact) mass is 237 g/mol. The summed E-state index contributed by atoms with van der Waals surface area (Å²) in [7, 11) is 0. The van der Waals surface area contributed by atoms with E-state index in [0.29, 0.717) is 0 Å². The Morgan fingerprint density at radius 3 is 2.47 bits per heavy atom. The Morgan fingerprint density at radius 2 is 1.82 bits per heavy atom. The molecule has 0 bridgehead atoms. The van der Waals surface area contributed by atoms with E-state index in [1.807, 2.05) is 30.3 Å². The van der Waals surface area contributed by atoms with E-state index in [9.17, 15) is 0 Å². The van der Waals surface area contributed by atoms with Gasteiger partial charge in [-0.3, -0.25) is 0 Å². The molecule has 0 saturated heterocycles. The van der Waals surface area contributed by atoms with Gasteiger partial charge in [-0.25, -0.2) is 0 Å². The standard InChI is InChI=1S/C14H23NO2/c1-2-15(10-6-12-16)11-7-13-17-14-8-4-3-5-9-14/h3-5,8-9,16H,2,6-7,10-13H2,1H3. The van der Waals surface area contributed by atoms with Gasteiger partial charge in [-0.05, 0) is 31.5 Å². The molecule has 1 N–H and O–H groups in total. The number of para-hydroxylation sites is 1. The van der Waals surface area contributed by atoms with Crippen LogP contribution in [0.3, 0.4) is 0 Å². The first kappa shape index (κ1) is 14.0. The maximum atomic E-state index is 8.78. The molecule has 0 aliphatic carbocycles. The number of ether oxygens (including phenoxy) is 1. The van der Waals surface area contributed by atoms with Crippen LogP contribution in [0.25, 0.3) is 0 Å². The fourth-order valence-corrected chi connectivity index (χ4v) is 1.72. The molecule has 1 aromatic rings. The number of benzene rings is 1. The first-order valence-electron chi connectivity index (χ1n) is 6.38. The van der Waals surface area contributed by atoms with Gasteiger partial charge < -0.3 is 14.7 Å². The molecule has 0 heterocycles. The summed E-state index contributed by atoms with van der Waals surface area (Å²) in [5, 5.41) is 8.78. The third-order valence-corrected chi connectivity index (χ3v) is 2.71. The first-order valence-corrected chi connectivity index (χ1v) is 6.38. The normalized spacial score (nSPS) is 10.8. The Labute approximate surface area is 104 Å². The van der Waals surface area contributed by atoms with E-state index in [1.165, 1.54) is 0 Å². The lowest BCUT2D eigenvalue weighted by Gasteiger charge is -2.19. The lowest BCUT2D eigenvalue weighted by molar-refractivity contribution is 0.213. The third-order valence-electron chi connectivity index (χ3n) is 2.71. The zero-order valence-electron chi connectivity index (χ0n) is 10.6. The molecular formula is C14H23NO2. The topological polar surface area (TPSA) is 32.7 Å². The highest BCUT2D eigenvalue weighted by Crippen LogP contribution is 2.08. The SMILES string of the molecule is CCN(CCCO)CCCOc1ccccc1. The Kier molecular flexibility index (Phi) is 7.43. The van der Waals surface area contributed by atoms with Crippen molar-refractivity contribution in [1.82, 2.24) is 4.90 Å². The molecule has 0 spiro atoms. The van der Waals surface area contributed by atoms with Gasteiger partial charge in [0, 0.05) is 19.7 Å². The molecule has 0 aromatic heterocycles. The van der Waals surface area contributed by atoms with Gasteiger partial charge in [-0.15, -0.1) is 0 Å². The van der Waals surface area contributed by atoms with Crippen LogP contribution in [0.5, 0.6) is 5.75 Å². The molecule has 0 atom stereocenters. The number of hydrogen-bond donors (Lipinski definition) is 1. The van der Waals surface area contributed by atoms with Crippen LogP contribution in [0, 0.1) is 0 Å². The van der Waals surface area contributed by atoms with Crippen LogP contribution in [0.2, 0.25) is 0 Å². The van der Waals surface area contributed by atoms with Gasteiger partial charge in [0.25, 0.3) is 0 Å². The minimum Gasteiger partial charge on any atom is -0.494 e. The number of aliphatic hydroxyl groups excluding tert-OH is 1. The van der Waals surface area contributed by atoms with E-state index >= 15 is 0 Å². The smallest absolute Gasteiger partial charge is 0.119 e. The summed E-state index contributed by atoms with van der Waals surface area (Å²) in [5.41, 5.74) is 0. The molecule has 0 unspecified atom stereocenters. The van der Waals surface area contributed by atoms with Crippen LogP contribution in [-0.4, -0.2) is 42.9 Å². The highest BCUT2D eigenvalue weighted by atomic mass is 16.5. The van der Waals surface area contributed by atoms with E-state index in [-0.39, 0.29) is 6.61 Å². The molecule has 3 nitrogen and oxygen atoms in total. The van der Waals surface area contributed by atoms with Crippen molar-refractivity contribution in [2.75, 3.05) is 32.8 Å². The molecule has 1 aromatic carbocycles. The van der Waals surface area contributed by atoms with Crippen molar-refractivity contribution in [3.63, 3.8) is 0 Å². The summed E-state index contributed by atoms with van der Waals surface area (Å²) in [4.78, 5) is 2.34. The lowest BCUT2D eigenvalue weighted by Crippen LogP contribution is -2.27. The second-order valence-corrected chi connectivity index (χ2v) is 4.03. The summed E-state index contributed by atoms with van der Waals surface area (Å²) in [6.45, 7) is 6.21. The van der Waals surface area contributed by atoms with Crippen LogP contribution in [-0.2, 0) is 0 Å². The van der Waals surface area contributed by atoms with Crippen LogP contribution in [0.4, 0.5) is 0 Å². The Morgan fingerprint density at radius 1 is 1.12 bits per heavy atom. The summed E-state index contributed by atoms with van der Waals surface area (Å²) in [5.74, 6) is 0.936. The van der Waals surface area contributed by atoms with Gasteiger partial charge in [0.1, 0.15) is 5.75 Å². The molecule has 0 radical (unpaired) electrons. The van der Waals surface area contributed by atoms with E-state index in [1.54, 1.807) is 0 Å². The maximum Gasteiger partial charge on any atom is 0.119 e. The van der Waals surface area contributed by atoms with E-state index in [2.05, 4.69) is 11.8 Å². The molecule has 0 aliphatic rings. The van der Waals surface area contributed by atoms with Gasteiger partial charge in [0.2, 0.25) is 0 Å². The fourth-order valence-electron chi connectivity index (χ4n) is 1.72. The van der Waals surface area contributed by atoms with Crippen LogP contribution in [0.15, 0.2) is 30.3 Å². The average Bonchev–Trinajstić information content (AvgIpc) is 2.39. The minimum atomic E-state index is 0.275. The van der Waals surface area contributed by atoms with Crippen molar-refractivity contribution in [1.29, 1.82) is 0 Å². The quantitative estimate of drug-likeness (QED) is 0.668. The summed E-state index contributed by atoms with van der Waals surface area (Å²) in [6.07, 6.45) is 1.88. The highest BCUT2D eigenvalue weighted by molar-refractivity contribution is 5.20. The number of rotatable bonds is 9. The van der Waals surface area contributed by atoms with Gasteiger partial charge >= 0.3 is 0 Å². The van der Waals surface area contributed by atoms with Crippen molar-refractivity contribution in [3.05, 3.63) is 30.3 Å². The number of nitrogens with zero attached hydrogens (tertiary/aromatic N) is 1. The van der Waals surface area contributed by atoms with Crippen LogP contribution < -0.4 is 4.74 Å². The Balaban J connectivity index is 2.10. The van der Waals surface area contributed by atoms with Gasteiger partial charge in [0.05, 0.1) is 6.61 Å². The Hall–Kier alpha value is -1.06. The van der Waals surface area contributed by atoms with Crippen molar-refractivity contribution >= 4 is 0 Å². The summed E-state index contributed by atoms with van der Waals surface area (Å²) in [6, 6.07) is 9.90. The zero-order valence-corrected chi connectivity index (χ0v) is 10.6. The second-order valence-electron chi connectivity index (χ2n) is 4.03. The zero-order chi connectivity index (χ0) is 12.3. The van der Waals surface area contributed by atoms with Crippen LogP contribution >= 0.6 is 0 Å². The van der Waals surface area contributed by atoms with E-state index in [4.69, 9.17) is 9.84 Å². The second kappa shape index (κ2) is 9.02. The predicted octanol–water partition coefficient (Wildman–Crippen LogP) is 2.16. The van der Waals surface area contributed by atoms with Crippen molar-refractivity contribution < 1.29 is 9.84 Å². The molecule has 3 heteroatoms. The summed E-state index contributed by atoms with van der Waals surface area (Å²) < 4.78 is 5.63. The lowest BCUT2D eigenvalue weighted by atomic mass is 10.3. The first-order chi connectivity index (χ1) is 8.36. The number of aliphatic hydroxyl groups is 1. The van der Waals surface area contributed by atoms with Gasteiger partial charge in [-0.1, -0.05) is 25.1 Å². The molecule has 17 heavy (non-hydrogen) atoms. The molecule has 96 valence electrons.